The topological polar surface area (TPSA) is 55.6 Å². The number of piperidine rings is 1. The molecule has 0 spiro atoms. The van der Waals surface area contributed by atoms with E-state index in [1.54, 1.807) is 18.2 Å². The van der Waals surface area contributed by atoms with E-state index in [9.17, 15) is 18.0 Å². The number of nitrogens with two attached hydrogens (primary N) is 1. The number of primary amides is 1. The predicted molar refractivity (Wildman–Crippen MR) is 70.9 cm³/mol. The summed E-state index contributed by atoms with van der Waals surface area (Å²) < 4.78 is 43.4. The van der Waals surface area contributed by atoms with E-state index in [-0.39, 0.29) is 11.3 Å². The standard InChI is InChI=1S/C14H17F3N2O2/c15-14(16,17)9-19-8-4-3-7-12(19)21-11-6-2-1-5-10(11)13(18)20/h1-2,5-6,12H,3-4,7-9H2,(H2,18,20). The monoisotopic (exact) mass is 302 g/mol. The molecule has 0 saturated carbocycles. The second kappa shape index (κ2) is 6.34. The van der Waals surface area contributed by atoms with Crippen molar-refractivity contribution in [3.8, 4) is 5.75 Å². The van der Waals surface area contributed by atoms with Crippen LogP contribution in [0.5, 0.6) is 5.75 Å². The predicted octanol–water partition coefficient (Wildman–Crippen LogP) is 2.54. The SMILES string of the molecule is NC(=O)c1ccccc1OC1CCCCN1CC(F)(F)F. The zero-order valence-corrected chi connectivity index (χ0v) is 11.4. The van der Waals surface area contributed by atoms with Crippen LogP contribution in [0.2, 0.25) is 0 Å². The molecule has 2 rings (SSSR count). The summed E-state index contributed by atoms with van der Waals surface area (Å²) in [6.07, 6.45) is -2.99. The molecule has 1 amide bonds. The highest BCUT2D eigenvalue weighted by Gasteiger charge is 2.36. The van der Waals surface area contributed by atoms with E-state index in [0.717, 1.165) is 6.42 Å². The number of para-hydroxylation sites is 1. The Labute approximate surface area is 120 Å². The molecular formula is C14H17F3N2O2. The third-order valence-corrected chi connectivity index (χ3v) is 3.35. The molecule has 1 aromatic rings. The fourth-order valence-corrected chi connectivity index (χ4v) is 2.42. The summed E-state index contributed by atoms with van der Waals surface area (Å²) in [6, 6.07) is 6.31. The minimum atomic E-state index is -4.28. The average Bonchev–Trinajstić information content (AvgIpc) is 2.40. The minimum absolute atomic E-state index is 0.176. The van der Waals surface area contributed by atoms with Gasteiger partial charge < -0.3 is 10.5 Å². The van der Waals surface area contributed by atoms with Crippen molar-refractivity contribution in [2.75, 3.05) is 13.1 Å². The van der Waals surface area contributed by atoms with Gasteiger partial charge in [-0.05, 0) is 31.4 Å². The third-order valence-electron chi connectivity index (χ3n) is 3.35. The van der Waals surface area contributed by atoms with Crippen LogP contribution >= 0.6 is 0 Å². The Balaban J connectivity index is 2.14. The number of halogens is 3. The lowest BCUT2D eigenvalue weighted by molar-refractivity contribution is -0.167. The number of amides is 1. The van der Waals surface area contributed by atoms with Crippen molar-refractivity contribution in [3.05, 3.63) is 29.8 Å². The van der Waals surface area contributed by atoms with Gasteiger partial charge >= 0.3 is 6.18 Å². The number of carbonyl (C=O) groups is 1. The molecule has 1 aromatic carbocycles. The molecule has 1 unspecified atom stereocenters. The molecule has 21 heavy (non-hydrogen) atoms. The van der Waals surface area contributed by atoms with Crippen molar-refractivity contribution in [2.45, 2.75) is 31.7 Å². The molecule has 1 fully saturated rings. The summed E-state index contributed by atoms with van der Waals surface area (Å²) in [5, 5.41) is 0. The van der Waals surface area contributed by atoms with Crippen molar-refractivity contribution < 1.29 is 22.7 Å². The van der Waals surface area contributed by atoms with Crippen molar-refractivity contribution in [3.63, 3.8) is 0 Å². The third kappa shape index (κ3) is 4.35. The van der Waals surface area contributed by atoms with Gasteiger partial charge in [0, 0.05) is 6.54 Å². The van der Waals surface area contributed by atoms with Crippen LogP contribution < -0.4 is 10.5 Å². The Morgan fingerprint density at radius 3 is 2.71 bits per heavy atom. The molecule has 0 aliphatic carbocycles. The Kier molecular flexibility index (Phi) is 4.72. The van der Waals surface area contributed by atoms with Crippen LogP contribution in [-0.2, 0) is 0 Å². The average molecular weight is 302 g/mol. The summed E-state index contributed by atoms with van der Waals surface area (Å²) in [5.41, 5.74) is 5.42. The van der Waals surface area contributed by atoms with E-state index in [1.165, 1.54) is 11.0 Å². The molecular weight excluding hydrogens is 285 g/mol. The van der Waals surface area contributed by atoms with Crippen LogP contribution in [0.25, 0.3) is 0 Å². The van der Waals surface area contributed by atoms with E-state index < -0.39 is 24.9 Å². The molecule has 2 N–H and O–H groups in total. The van der Waals surface area contributed by atoms with Crippen LogP contribution in [0.3, 0.4) is 0 Å². The van der Waals surface area contributed by atoms with E-state index >= 15 is 0 Å². The van der Waals surface area contributed by atoms with Gasteiger partial charge in [-0.25, -0.2) is 0 Å². The quantitative estimate of drug-likeness (QED) is 0.930. The molecule has 116 valence electrons. The van der Waals surface area contributed by atoms with Gasteiger partial charge in [-0.3, -0.25) is 9.69 Å². The molecule has 1 saturated heterocycles. The molecule has 1 atom stereocenters. The first-order valence-corrected chi connectivity index (χ1v) is 6.73. The van der Waals surface area contributed by atoms with E-state index in [4.69, 9.17) is 10.5 Å². The number of benzene rings is 1. The maximum Gasteiger partial charge on any atom is 0.401 e. The smallest absolute Gasteiger partial charge is 0.401 e. The molecule has 0 radical (unpaired) electrons. The fourth-order valence-electron chi connectivity index (χ4n) is 2.42. The Morgan fingerprint density at radius 1 is 1.33 bits per heavy atom. The van der Waals surface area contributed by atoms with E-state index in [0.29, 0.717) is 19.4 Å². The fraction of sp³-hybridized carbons (Fsp3) is 0.500. The summed E-state index contributed by atoms with van der Waals surface area (Å²) in [6.45, 7) is -0.695. The molecule has 1 heterocycles. The van der Waals surface area contributed by atoms with Gasteiger partial charge in [0.15, 0.2) is 6.23 Å². The molecule has 0 bridgehead atoms. The van der Waals surface area contributed by atoms with Crippen LogP contribution in [0.4, 0.5) is 13.2 Å². The van der Waals surface area contributed by atoms with Crippen LogP contribution in [-0.4, -0.2) is 36.3 Å². The Bertz CT molecular complexity index is 505. The lowest BCUT2D eigenvalue weighted by atomic mass is 10.1. The first kappa shape index (κ1) is 15.6. The Morgan fingerprint density at radius 2 is 2.05 bits per heavy atom. The van der Waals surface area contributed by atoms with Gasteiger partial charge in [-0.1, -0.05) is 12.1 Å². The minimum Gasteiger partial charge on any atom is -0.474 e. The van der Waals surface area contributed by atoms with Crippen molar-refractivity contribution in [2.24, 2.45) is 5.73 Å². The van der Waals surface area contributed by atoms with Crippen LogP contribution in [0.15, 0.2) is 24.3 Å². The first-order chi connectivity index (χ1) is 9.87. The molecule has 1 aliphatic rings. The normalized spacial score (nSPS) is 20.2. The van der Waals surface area contributed by atoms with Gasteiger partial charge in [0.1, 0.15) is 5.75 Å². The number of ether oxygens (including phenoxy) is 1. The first-order valence-electron chi connectivity index (χ1n) is 6.73. The lowest BCUT2D eigenvalue weighted by Gasteiger charge is -2.36. The largest absolute Gasteiger partial charge is 0.474 e. The maximum atomic E-state index is 12.6. The van der Waals surface area contributed by atoms with Gasteiger partial charge in [0.25, 0.3) is 5.91 Å². The molecule has 1 aliphatic heterocycles. The maximum absolute atomic E-state index is 12.6. The number of rotatable bonds is 4. The highest BCUT2D eigenvalue weighted by atomic mass is 19.4. The Hall–Kier alpha value is -1.76. The van der Waals surface area contributed by atoms with Crippen LogP contribution in [0, 0.1) is 0 Å². The second-order valence-electron chi connectivity index (χ2n) is 5.01. The number of hydrogen-bond acceptors (Lipinski definition) is 3. The summed E-state index contributed by atoms with van der Waals surface area (Å²) in [7, 11) is 0. The number of nitrogens with zero attached hydrogens (tertiary/aromatic N) is 1. The highest BCUT2D eigenvalue weighted by molar-refractivity contribution is 5.95. The van der Waals surface area contributed by atoms with Gasteiger partial charge in [0.2, 0.25) is 0 Å². The molecule has 4 nitrogen and oxygen atoms in total. The number of hydrogen-bond donors (Lipinski definition) is 1. The van der Waals surface area contributed by atoms with Gasteiger partial charge in [0.05, 0.1) is 12.1 Å². The molecule has 7 heteroatoms. The van der Waals surface area contributed by atoms with Crippen molar-refractivity contribution in [1.29, 1.82) is 0 Å². The summed E-state index contributed by atoms with van der Waals surface area (Å²) >= 11 is 0. The highest BCUT2D eigenvalue weighted by Crippen LogP contribution is 2.27. The number of likely N-dealkylation sites (tertiary alicyclic amines) is 1. The number of carbonyl (C=O) groups excluding carboxylic acids is 1. The van der Waals surface area contributed by atoms with Crippen molar-refractivity contribution >= 4 is 5.91 Å². The second-order valence-corrected chi connectivity index (χ2v) is 5.01. The van der Waals surface area contributed by atoms with Crippen molar-refractivity contribution in [1.82, 2.24) is 4.90 Å². The van der Waals surface area contributed by atoms with E-state index in [2.05, 4.69) is 0 Å². The van der Waals surface area contributed by atoms with Crippen LogP contribution in [0.1, 0.15) is 29.6 Å². The van der Waals surface area contributed by atoms with Gasteiger partial charge in [-0.15, -0.1) is 0 Å². The van der Waals surface area contributed by atoms with Gasteiger partial charge in [-0.2, -0.15) is 13.2 Å². The summed E-state index contributed by atoms with van der Waals surface area (Å²) in [5.74, 6) is -0.437. The lowest BCUT2D eigenvalue weighted by Crippen LogP contribution is -2.47. The van der Waals surface area contributed by atoms with E-state index in [1.807, 2.05) is 0 Å². The molecule has 0 aromatic heterocycles. The zero-order valence-electron chi connectivity index (χ0n) is 11.4. The zero-order chi connectivity index (χ0) is 15.5. The number of alkyl halides is 3. The summed E-state index contributed by atoms with van der Waals surface area (Å²) in [4.78, 5) is 12.6.